The predicted molar refractivity (Wildman–Crippen MR) is 78.4 cm³/mol. The zero-order chi connectivity index (χ0) is 11.9. The first kappa shape index (κ1) is 16.1. The lowest BCUT2D eigenvalue weighted by Crippen LogP contribution is -2.16. The number of nitrogens with one attached hydrogen (secondary N) is 1. The van der Waals surface area contributed by atoms with E-state index in [0.717, 1.165) is 0 Å². The van der Waals surface area contributed by atoms with Crippen molar-refractivity contribution in [2.45, 2.75) is 51.4 Å². The first-order valence-electron chi connectivity index (χ1n) is 6.72. The summed E-state index contributed by atoms with van der Waals surface area (Å²) in [7, 11) is 0. The Balaban J connectivity index is 2.85. The Morgan fingerprint density at radius 1 is 0.938 bits per heavy atom. The van der Waals surface area contributed by atoms with Gasteiger partial charge in [0, 0.05) is 0 Å². The highest BCUT2D eigenvalue weighted by Gasteiger charge is 1.91. The minimum Gasteiger partial charge on any atom is -0.317 e. The molecular weight excluding hydrogens is 214 g/mol. The number of rotatable bonds is 13. The molecule has 0 saturated carbocycles. The Kier molecular flexibility index (Phi) is 15.1. The van der Waals surface area contributed by atoms with Gasteiger partial charge >= 0.3 is 0 Å². The van der Waals surface area contributed by atoms with Gasteiger partial charge < -0.3 is 5.32 Å². The lowest BCUT2D eigenvalue weighted by atomic mass is 10.2. The van der Waals surface area contributed by atoms with Crippen molar-refractivity contribution in [2.24, 2.45) is 0 Å². The SMILES string of the molecule is C=CCCCCCNCCCCCCSC. The molecule has 16 heavy (non-hydrogen) atoms. The molecular formula is C14H29NS. The van der Waals surface area contributed by atoms with E-state index in [-0.39, 0.29) is 0 Å². The fourth-order valence-electron chi connectivity index (χ4n) is 1.69. The standard InChI is InChI=1S/C14H29NS/c1-3-4-5-6-9-12-15-13-10-7-8-11-14-16-2/h3,15H,1,4-14H2,2H3. The number of thioether (sulfide) groups is 1. The third-order valence-corrected chi connectivity index (χ3v) is 3.41. The summed E-state index contributed by atoms with van der Waals surface area (Å²) in [6.45, 7) is 6.14. The van der Waals surface area contributed by atoms with Crippen LogP contribution in [-0.2, 0) is 0 Å². The van der Waals surface area contributed by atoms with Gasteiger partial charge in [-0.2, -0.15) is 11.8 Å². The van der Waals surface area contributed by atoms with Gasteiger partial charge in [0.2, 0.25) is 0 Å². The van der Waals surface area contributed by atoms with E-state index >= 15 is 0 Å². The molecule has 1 N–H and O–H groups in total. The molecule has 0 aromatic rings. The van der Waals surface area contributed by atoms with Crippen LogP contribution in [0.5, 0.6) is 0 Å². The van der Waals surface area contributed by atoms with Crippen LogP contribution in [0.2, 0.25) is 0 Å². The van der Waals surface area contributed by atoms with Gasteiger partial charge in [-0.25, -0.2) is 0 Å². The molecule has 96 valence electrons. The van der Waals surface area contributed by atoms with Crippen LogP contribution >= 0.6 is 11.8 Å². The monoisotopic (exact) mass is 243 g/mol. The Bertz CT molecular complexity index is 137. The molecule has 0 heterocycles. The summed E-state index contributed by atoms with van der Waals surface area (Å²) in [6, 6.07) is 0. The van der Waals surface area contributed by atoms with Crippen molar-refractivity contribution in [3.05, 3.63) is 12.7 Å². The van der Waals surface area contributed by atoms with E-state index in [9.17, 15) is 0 Å². The number of hydrogen-bond acceptors (Lipinski definition) is 2. The molecule has 2 heteroatoms. The topological polar surface area (TPSA) is 12.0 Å². The summed E-state index contributed by atoms with van der Waals surface area (Å²) < 4.78 is 0. The van der Waals surface area contributed by atoms with E-state index in [1.807, 2.05) is 17.8 Å². The highest BCUT2D eigenvalue weighted by Crippen LogP contribution is 2.04. The average molecular weight is 243 g/mol. The molecule has 0 spiro atoms. The minimum atomic E-state index is 1.18. The number of hydrogen-bond donors (Lipinski definition) is 1. The summed E-state index contributed by atoms with van der Waals surface area (Å²) in [4.78, 5) is 0. The Morgan fingerprint density at radius 2 is 1.56 bits per heavy atom. The lowest BCUT2D eigenvalue weighted by Gasteiger charge is -2.04. The van der Waals surface area contributed by atoms with E-state index in [1.165, 1.54) is 70.2 Å². The van der Waals surface area contributed by atoms with E-state index in [0.29, 0.717) is 0 Å². The summed E-state index contributed by atoms with van der Waals surface area (Å²) in [5, 5.41) is 3.52. The van der Waals surface area contributed by atoms with Gasteiger partial charge in [-0.3, -0.25) is 0 Å². The second-order valence-corrected chi connectivity index (χ2v) is 5.28. The molecule has 0 rings (SSSR count). The third kappa shape index (κ3) is 14.1. The summed E-state index contributed by atoms with van der Waals surface area (Å²) in [5.74, 6) is 1.33. The van der Waals surface area contributed by atoms with Crippen LogP contribution in [0.4, 0.5) is 0 Å². The highest BCUT2D eigenvalue weighted by atomic mass is 32.2. The first-order chi connectivity index (χ1) is 7.91. The Morgan fingerprint density at radius 3 is 2.19 bits per heavy atom. The van der Waals surface area contributed by atoms with Crippen LogP contribution in [0, 0.1) is 0 Å². The molecule has 0 fully saturated rings. The van der Waals surface area contributed by atoms with Crippen LogP contribution < -0.4 is 5.32 Å². The van der Waals surface area contributed by atoms with Crippen LogP contribution in [0.1, 0.15) is 51.4 Å². The molecule has 0 aromatic carbocycles. The lowest BCUT2D eigenvalue weighted by molar-refractivity contribution is 0.569. The van der Waals surface area contributed by atoms with Gasteiger partial charge in [0.1, 0.15) is 0 Å². The zero-order valence-corrected chi connectivity index (χ0v) is 11.8. The fraction of sp³-hybridized carbons (Fsp3) is 0.857. The largest absolute Gasteiger partial charge is 0.317 e. The number of unbranched alkanes of at least 4 members (excludes halogenated alkanes) is 6. The molecule has 0 saturated heterocycles. The van der Waals surface area contributed by atoms with Crippen LogP contribution in [0.15, 0.2) is 12.7 Å². The van der Waals surface area contributed by atoms with Crippen molar-refractivity contribution in [1.82, 2.24) is 5.32 Å². The molecule has 0 aromatic heterocycles. The molecule has 0 bridgehead atoms. The van der Waals surface area contributed by atoms with E-state index < -0.39 is 0 Å². The fourth-order valence-corrected chi connectivity index (χ4v) is 2.18. The Labute approximate surface area is 106 Å². The summed E-state index contributed by atoms with van der Waals surface area (Å²) >= 11 is 1.96. The van der Waals surface area contributed by atoms with Gasteiger partial charge in [0.25, 0.3) is 0 Å². The quantitative estimate of drug-likeness (QED) is 0.383. The normalized spacial score (nSPS) is 10.6. The molecule has 0 aliphatic rings. The minimum absolute atomic E-state index is 1.18. The van der Waals surface area contributed by atoms with Gasteiger partial charge in [0.05, 0.1) is 0 Å². The van der Waals surface area contributed by atoms with E-state index in [1.54, 1.807) is 0 Å². The molecule has 0 atom stereocenters. The molecule has 1 nitrogen and oxygen atoms in total. The molecule has 0 aliphatic carbocycles. The van der Waals surface area contributed by atoms with Gasteiger partial charge in [0.15, 0.2) is 0 Å². The van der Waals surface area contributed by atoms with Crippen molar-refractivity contribution < 1.29 is 0 Å². The van der Waals surface area contributed by atoms with Crippen LogP contribution in [0.25, 0.3) is 0 Å². The smallest absolute Gasteiger partial charge is 0.00489 e. The first-order valence-corrected chi connectivity index (χ1v) is 8.11. The van der Waals surface area contributed by atoms with Gasteiger partial charge in [-0.15, -0.1) is 6.58 Å². The van der Waals surface area contributed by atoms with Gasteiger partial charge in [-0.1, -0.05) is 25.3 Å². The van der Waals surface area contributed by atoms with Crippen molar-refractivity contribution >= 4 is 11.8 Å². The molecule has 0 aliphatic heterocycles. The molecule has 0 unspecified atom stereocenters. The zero-order valence-electron chi connectivity index (χ0n) is 11.0. The maximum absolute atomic E-state index is 3.73. The van der Waals surface area contributed by atoms with E-state index in [2.05, 4.69) is 18.2 Å². The van der Waals surface area contributed by atoms with Gasteiger partial charge in [-0.05, 0) is 57.2 Å². The van der Waals surface area contributed by atoms with Crippen molar-refractivity contribution in [2.75, 3.05) is 25.1 Å². The maximum atomic E-state index is 3.73. The Hall–Kier alpha value is 0.0500. The third-order valence-electron chi connectivity index (χ3n) is 2.71. The van der Waals surface area contributed by atoms with Crippen LogP contribution in [0.3, 0.4) is 0 Å². The molecule has 0 radical (unpaired) electrons. The molecule has 0 amide bonds. The predicted octanol–water partition coefficient (Wildman–Crippen LogP) is 4.25. The van der Waals surface area contributed by atoms with Crippen molar-refractivity contribution in [3.8, 4) is 0 Å². The second kappa shape index (κ2) is 15.0. The van der Waals surface area contributed by atoms with Crippen molar-refractivity contribution in [1.29, 1.82) is 0 Å². The highest BCUT2D eigenvalue weighted by molar-refractivity contribution is 7.98. The second-order valence-electron chi connectivity index (χ2n) is 4.30. The van der Waals surface area contributed by atoms with Crippen molar-refractivity contribution in [3.63, 3.8) is 0 Å². The maximum Gasteiger partial charge on any atom is -0.00489 e. The van der Waals surface area contributed by atoms with E-state index in [4.69, 9.17) is 0 Å². The average Bonchev–Trinajstić information content (AvgIpc) is 2.31. The van der Waals surface area contributed by atoms with Crippen LogP contribution in [-0.4, -0.2) is 25.1 Å². The number of allylic oxidation sites excluding steroid dienone is 1. The summed E-state index contributed by atoms with van der Waals surface area (Å²) in [5.41, 5.74) is 0. The summed E-state index contributed by atoms with van der Waals surface area (Å²) in [6.07, 6.45) is 14.9.